The molecular formula is C22H32N6O2S. The van der Waals surface area contributed by atoms with Gasteiger partial charge in [-0.05, 0) is 31.7 Å². The van der Waals surface area contributed by atoms with E-state index >= 15 is 0 Å². The highest BCUT2D eigenvalue weighted by Gasteiger charge is 2.39. The lowest BCUT2D eigenvalue weighted by atomic mass is 9.93. The Bertz CT molecular complexity index is 1200. The van der Waals surface area contributed by atoms with Crippen molar-refractivity contribution in [1.29, 1.82) is 0 Å². The largest absolute Gasteiger partial charge is 0.271 e. The number of aryl methyl sites for hydroxylation is 1. The summed E-state index contributed by atoms with van der Waals surface area (Å²) in [7, 11) is -3.68. The molecule has 0 saturated carbocycles. The number of hydrogen-bond donors (Lipinski definition) is 0. The third-order valence-corrected chi connectivity index (χ3v) is 7.75. The monoisotopic (exact) mass is 444 g/mol. The molecule has 0 amide bonds. The molecule has 9 heteroatoms. The molecule has 8 nitrogen and oxygen atoms in total. The summed E-state index contributed by atoms with van der Waals surface area (Å²) in [5.74, 6) is 0.385. The van der Waals surface area contributed by atoms with Gasteiger partial charge in [0.05, 0.1) is 23.1 Å². The molecule has 168 valence electrons. The van der Waals surface area contributed by atoms with Crippen molar-refractivity contribution in [2.75, 3.05) is 6.54 Å². The van der Waals surface area contributed by atoms with Crippen LogP contribution < -0.4 is 0 Å². The first-order valence-corrected chi connectivity index (χ1v) is 12.3. The Kier molecular flexibility index (Phi) is 5.46. The highest BCUT2D eigenvalue weighted by molar-refractivity contribution is 7.89. The van der Waals surface area contributed by atoms with Crippen LogP contribution in [0.3, 0.4) is 0 Å². The van der Waals surface area contributed by atoms with Crippen LogP contribution in [0.2, 0.25) is 0 Å². The van der Waals surface area contributed by atoms with Gasteiger partial charge in [0, 0.05) is 37.0 Å². The highest BCUT2D eigenvalue weighted by atomic mass is 32.2. The van der Waals surface area contributed by atoms with Crippen LogP contribution in [0.5, 0.6) is 0 Å². The van der Waals surface area contributed by atoms with Gasteiger partial charge in [0.25, 0.3) is 0 Å². The maximum atomic E-state index is 13.7. The molecule has 0 spiro atoms. The Morgan fingerprint density at radius 1 is 1.23 bits per heavy atom. The van der Waals surface area contributed by atoms with Crippen LogP contribution in [0.4, 0.5) is 0 Å². The van der Waals surface area contributed by atoms with E-state index in [0.717, 1.165) is 29.9 Å². The Hall–Kier alpha value is -2.26. The Morgan fingerprint density at radius 3 is 2.65 bits per heavy atom. The van der Waals surface area contributed by atoms with E-state index in [2.05, 4.69) is 44.7 Å². The van der Waals surface area contributed by atoms with Crippen LogP contribution in [0.15, 0.2) is 29.4 Å². The van der Waals surface area contributed by atoms with Crippen molar-refractivity contribution in [2.45, 2.75) is 77.3 Å². The summed E-state index contributed by atoms with van der Waals surface area (Å²) in [6.07, 6.45) is 4.98. The summed E-state index contributed by atoms with van der Waals surface area (Å²) in [4.78, 5) is 4.75. The van der Waals surface area contributed by atoms with Gasteiger partial charge in [-0.1, -0.05) is 34.6 Å². The second kappa shape index (κ2) is 7.70. The molecule has 31 heavy (non-hydrogen) atoms. The minimum atomic E-state index is -3.68. The van der Waals surface area contributed by atoms with Crippen LogP contribution in [0, 0.1) is 12.8 Å². The number of aromatic nitrogens is 5. The second-order valence-electron chi connectivity index (χ2n) is 9.89. The lowest BCUT2D eigenvalue weighted by Crippen LogP contribution is -2.32. The van der Waals surface area contributed by atoms with Gasteiger partial charge in [-0.15, -0.1) is 0 Å². The summed E-state index contributed by atoms with van der Waals surface area (Å²) >= 11 is 0. The maximum absolute atomic E-state index is 13.7. The fourth-order valence-electron chi connectivity index (χ4n) is 4.20. The lowest BCUT2D eigenvalue weighted by Gasteiger charge is -2.24. The zero-order chi connectivity index (χ0) is 22.6. The average Bonchev–Trinajstić information content (AvgIpc) is 3.37. The van der Waals surface area contributed by atoms with Crippen molar-refractivity contribution in [3.05, 3.63) is 41.6 Å². The SMILES string of the molecule is Cc1nn(CC(C)C)cc1S(=O)(=O)N1CCC[C@H]1c1ccnc2cc(C(C)(C)C)nn12. The van der Waals surface area contributed by atoms with Gasteiger partial charge in [0.1, 0.15) is 4.90 Å². The van der Waals surface area contributed by atoms with Gasteiger partial charge in [0.15, 0.2) is 5.65 Å². The first kappa shape index (κ1) is 22.0. The van der Waals surface area contributed by atoms with Crippen molar-refractivity contribution in [2.24, 2.45) is 5.92 Å². The van der Waals surface area contributed by atoms with Gasteiger partial charge >= 0.3 is 0 Å². The van der Waals surface area contributed by atoms with Crippen molar-refractivity contribution >= 4 is 15.7 Å². The number of sulfonamides is 1. The second-order valence-corrected chi connectivity index (χ2v) is 11.7. The third kappa shape index (κ3) is 4.01. The minimum Gasteiger partial charge on any atom is -0.271 e. The Balaban J connectivity index is 1.75. The highest BCUT2D eigenvalue weighted by Crippen LogP contribution is 2.37. The van der Waals surface area contributed by atoms with E-state index in [9.17, 15) is 8.42 Å². The quantitative estimate of drug-likeness (QED) is 0.599. The molecular weight excluding hydrogens is 412 g/mol. The fourth-order valence-corrected chi connectivity index (χ4v) is 6.04. The molecule has 0 aliphatic carbocycles. The Labute approximate surface area is 184 Å². The molecule has 4 heterocycles. The van der Waals surface area contributed by atoms with Crippen LogP contribution in [0.25, 0.3) is 5.65 Å². The van der Waals surface area contributed by atoms with E-state index in [1.165, 1.54) is 0 Å². The molecule has 1 saturated heterocycles. The molecule has 1 fully saturated rings. The van der Waals surface area contributed by atoms with Gasteiger partial charge in [-0.3, -0.25) is 4.68 Å². The van der Waals surface area contributed by atoms with Crippen molar-refractivity contribution < 1.29 is 8.42 Å². The van der Waals surface area contributed by atoms with Gasteiger partial charge in [-0.25, -0.2) is 17.9 Å². The number of hydrogen-bond acceptors (Lipinski definition) is 5. The number of nitrogens with zero attached hydrogens (tertiary/aromatic N) is 6. The predicted molar refractivity (Wildman–Crippen MR) is 119 cm³/mol. The molecule has 1 atom stereocenters. The zero-order valence-corrected chi connectivity index (χ0v) is 20.0. The first-order valence-electron chi connectivity index (χ1n) is 10.9. The summed E-state index contributed by atoms with van der Waals surface area (Å²) in [6, 6.07) is 3.59. The van der Waals surface area contributed by atoms with E-state index in [1.807, 2.05) is 16.6 Å². The van der Waals surface area contributed by atoms with E-state index in [-0.39, 0.29) is 11.5 Å². The van der Waals surface area contributed by atoms with Crippen LogP contribution in [-0.4, -0.2) is 43.6 Å². The standard InChI is InChI=1S/C22H32N6O2S/c1-15(2)13-26-14-19(16(3)24-26)31(29,30)27-11-7-8-17(27)18-9-10-23-21-12-20(22(4,5)6)25-28(18)21/h9-10,12,14-15,17H,7-8,11,13H2,1-6H3/t17-/m0/s1. The van der Waals surface area contributed by atoms with Crippen molar-refractivity contribution in [3.63, 3.8) is 0 Å². The minimum absolute atomic E-state index is 0.117. The van der Waals surface area contributed by atoms with Crippen LogP contribution in [-0.2, 0) is 22.0 Å². The van der Waals surface area contributed by atoms with Gasteiger partial charge in [0.2, 0.25) is 10.0 Å². The van der Waals surface area contributed by atoms with E-state index in [0.29, 0.717) is 29.6 Å². The summed E-state index contributed by atoms with van der Waals surface area (Å²) < 4.78 is 32.5. The molecule has 0 bridgehead atoms. The van der Waals surface area contributed by atoms with Crippen LogP contribution >= 0.6 is 0 Å². The molecule has 1 aliphatic rings. The molecule has 4 rings (SSSR count). The van der Waals surface area contributed by atoms with Gasteiger partial charge < -0.3 is 0 Å². The van der Waals surface area contributed by atoms with Crippen LogP contribution in [0.1, 0.15) is 70.6 Å². The fraction of sp³-hybridized carbons (Fsp3) is 0.591. The first-order chi connectivity index (χ1) is 14.5. The smallest absolute Gasteiger partial charge is 0.247 e. The zero-order valence-electron chi connectivity index (χ0n) is 19.2. The van der Waals surface area contributed by atoms with Gasteiger partial charge in [-0.2, -0.15) is 14.5 Å². The number of rotatable bonds is 5. The lowest BCUT2D eigenvalue weighted by molar-refractivity contribution is 0.384. The molecule has 3 aromatic heterocycles. The maximum Gasteiger partial charge on any atom is 0.247 e. The van der Waals surface area contributed by atoms with E-state index in [1.54, 1.807) is 28.3 Å². The summed E-state index contributed by atoms with van der Waals surface area (Å²) in [6.45, 7) is 13.4. The normalized spacial score (nSPS) is 18.5. The molecule has 0 aromatic carbocycles. The average molecular weight is 445 g/mol. The van der Waals surface area contributed by atoms with E-state index in [4.69, 9.17) is 5.10 Å². The molecule has 3 aromatic rings. The summed E-state index contributed by atoms with van der Waals surface area (Å²) in [5.41, 5.74) is 2.96. The van der Waals surface area contributed by atoms with Crippen molar-refractivity contribution in [3.8, 4) is 0 Å². The summed E-state index contributed by atoms with van der Waals surface area (Å²) in [5, 5.41) is 9.24. The predicted octanol–water partition coefficient (Wildman–Crippen LogP) is 3.71. The third-order valence-electron chi connectivity index (χ3n) is 5.74. The molecule has 0 N–H and O–H groups in total. The molecule has 0 radical (unpaired) electrons. The van der Waals surface area contributed by atoms with Crippen molar-refractivity contribution in [1.82, 2.24) is 28.7 Å². The topological polar surface area (TPSA) is 85.4 Å². The van der Waals surface area contributed by atoms with E-state index < -0.39 is 10.0 Å². The Morgan fingerprint density at radius 2 is 1.97 bits per heavy atom. The molecule has 1 aliphatic heterocycles. The number of fused-ring (bicyclic) bond motifs is 1. The molecule has 0 unspecified atom stereocenters.